The Labute approximate surface area is 282 Å². The third-order valence-electron chi connectivity index (χ3n) is 10.2. The summed E-state index contributed by atoms with van der Waals surface area (Å²) in [5.41, 5.74) is 13.7. The molecule has 0 unspecified atom stereocenters. The van der Waals surface area contributed by atoms with Crippen LogP contribution in [0.4, 0.5) is 17.1 Å². The summed E-state index contributed by atoms with van der Waals surface area (Å²) in [5.74, 6) is 0. The van der Waals surface area contributed by atoms with Gasteiger partial charge in [-0.1, -0.05) is 159 Å². The lowest BCUT2D eigenvalue weighted by molar-refractivity contribution is 0.660. The van der Waals surface area contributed by atoms with Crippen molar-refractivity contribution in [1.29, 1.82) is 0 Å². The molecule has 0 bridgehead atoms. The van der Waals surface area contributed by atoms with Gasteiger partial charge in [0, 0.05) is 22.1 Å². The maximum atomic E-state index is 2.49. The van der Waals surface area contributed by atoms with Gasteiger partial charge in [-0.2, -0.15) is 0 Å². The molecule has 0 aromatic heterocycles. The van der Waals surface area contributed by atoms with Crippen LogP contribution in [0.1, 0.15) is 25.0 Å². The lowest BCUT2D eigenvalue weighted by Crippen LogP contribution is -2.17. The highest BCUT2D eigenvalue weighted by molar-refractivity contribution is 6.04. The molecular weight excluding hydrogens is 579 g/mol. The fourth-order valence-electron chi connectivity index (χ4n) is 7.85. The van der Waals surface area contributed by atoms with E-state index >= 15 is 0 Å². The average molecular weight is 614 g/mol. The van der Waals surface area contributed by atoms with Gasteiger partial charge in [0.25, 0.3) is 0 Å². The van der Waals surface area contributed by atoms with E-state index in [1.54, 1.807) is 0 Å². The van der Waals surface area contributed by atoms with Gasteiger partial charge in [0.1, 0.15) is 0 Å². The molecule has 0 saturated carbocycles. The molecule has 0 spiro atoms. The van der Waals surface area contributed by atoms with Crippen molar-refractivity contribution >= 4 is 38.6 Å². The first-order chi connectivity index (χ1) is 23.6. The van der Waals surface area contributed by atoms with Crippen molar-refractivity contribution in [3.63, 3.8) is 0 Å². The van der Waals surface area contributed by atoms with Gasteiger partial charge in [-0.3, -0.25) is 0 Å². The van der Waals surface area contributed by atoms with Gasteiger partial charge in [-0.15, -0.1) is 0 Å². The Morgan fingerprint density at radius 1 is 0.396 bits per heavy atom. The zero-order chi connectivity index (χ0) is 32.2. The number of hydrogen-bond donors (Lipinski definition) is 0. The fourth-order valence-corrected chi connectivity index (χ4v) is 7.85. The van der Waals surface area contributed by atoms with E-state index in [1.165, 1.54) is 71.7 Å². The lowest BCUT2D eigenvalue weighted by Gasteiger charge is -2.31. The average Bonchev–Trinajstić information content (AvgIpc) is 3.38. The highest BCUT2D eigenvalue weighted by Gasteiger charge is 2.37. The molecule has 1 heteroatoms. The second-order valence-corrected chi connectivity index (χ2v) is 13.4. The quantitative estimate of drug-likeness (QED) is 0.187. The van der Waals surface area contributed by atoms with Gasteiger partial charge in [0.05, 0.1) is 11.4 Å². The van der Waals surface area contributed by atoms with Crippen molar-refractivity contribution < 1.29 is 0 Å². The SMILES string of the molecule is CC1(C)c2cc(N(c3cc4ccccc4cc3-c3ccccc3)c3cccc4ccccc34)ccc2-c2c(-c3ccccc3)cccc21. The Hall–Kier alpha value is -5.92. The predicted molar refractivity (Wildman–Crippen MR) is 205 cm³/mol. The molecule has 0 amide bonds. The highest BCUT2D eigenvalue weighted by atomic mass is 15.1. The molecule has 1 nitrogen and oxygen atoms in total. The molecule has 0 saturated heterocycles. The summed E-state index contributed by atoms with van der Waals surface area (Å²) in [5, 5.41) is 4.90. The molecule has 9 rings (SSSR count). The van der Waals surface area contributed by atoms with Crippen LogP contribution in [0.25, 0.3) is 54.9 Å². The van der Waals surface area contributed by atoms with Crippen molar-refractivity contribution in [2.24, 2.45) is 0 Å². The van der Waals surface area contributed by atoms with Crippen LogP contribution in [0, 0.1) is 0 Å². The summed E-state index contributed by atoms with van der Waals surface area (Å²) in [6.07, 6.45) is 0. The largest absolute Gasteiger partial charge is 0.309 e. The monoisotopic (exact) mass is 613 g/mol. The van der Waals surface area contributed by atoms with Crippen molar-refractivity contribution in [2.45, 2.75) is 19.3 Å². The van der Waals surface area contributed by atoms with Crippen molar-refractivity contribution in [3.05, 3.63) is 187 Å². The Balaban J connectivity index is 1.33. The van der Waals surface area contributed by atoms with E-state index in [0.29, 0.717) is 0 Å². The Bertz CT molecular complexity index is 2470. The Morgan fingerprint density at radius 3 is 1.75 bits per heavy atom. The first kappa shape index (κ1) is 28.3. The van der Waals surface area contributed by atoms with Gasteiger partial charge in [0.2, 0.25) is 0 Å². The van der Waals surface area contributed by atoms with Crippen LogP contribution in [-0.4, -0.2) is 0 Å². The number of nitrogens with zero attached hydrogens (tertiary/aromatic N) is 1. The molecule has 48 heavy (non-hydrogen) atoms. The van der Waals surface area contributed by atoms with E-state index in [0.717, 1.165) is 11.4 Å². The maximum absolute atomic E-state index is 2.49. The van der Waals surface area contributed by atoms with Crippen LogP contribution in [0.15, 0.2) is 176 Å². The maximum Gasteiger partial charge on any atom is 0.0546 e. The van der Waals surface area contributed by atoms with Crippen LogP contribution in [0.5, 0.6) is 0 Å². The lowest BCUT2D eigenvalue weighted by atomic mass is 9.81. The van der Waals surface area contributed by atoms with Crippen molar-refractivity contribution in [3.8, 4) is 33.4 Å². The molecule has 1 aliphatic rings. The van der Waals surface area contributed by atoms with E-state index in [4.69, 9.17) is 0 Å². The van der Waals surface area contributed by atoms with Gasteiger partial charge in [-0.25, -0.2) is 0 Å². The molecular formula is C47H35N. The van der Waals surface area contributed by atoms with Crippen molar-refractivity contribution in [2.75, 3.05) is 4.90 Å². The molecule has 0 radical (unpaired) electrons. The number of anilines is 3. The number of rotatable bonds is 5. The van der Waals surface area contributed by atoms with E-state index in [1.807, 2.05) is 0 Å². The van der Waals surface area contributed by atoms with Gasteiger partial charge >= 0.3 is 0 Å². The minimum absolute atomic E-state index is 0.165. The first-order valence-corrected chi connectivity index (χ1v) is 16.8. The number of benzene rings is 8. The predicted octanol–water partition coefficient (Wildman–Crippen LogP) is 13.1. The minimum Gasteiger partial charge on any atom is -0.309 e. The molecule has 8 aromatic carbocycles. The third-order valence-corrected chi connectivity index (χ3v) is 10.2. The summed E-state index contributed by atoms with van der Waals surface area (Å²) < 4.78 is 0. The van der Waals surface area contributed by atoms with Gasteiger partial charge < -0.3 is 4.90 Å². The molecule has 0 atom stereocenters. The zero-order valence-electron chi connectivity index (χ0n) is 27.2. The van der Waals surface area contributed by atoms with Crippen LogP contribution in [0.3, 0.4) is 0 Å². The van der Waals surface area contributed by atoms with Crippen molar-refractivity contribution in [1.82, 2.24) is 0 Å². The van der Waals surface area contributed by atoms with Gasteiger partial charge in [-0.05, 0) is 85.4 Å². The Kier molecular flexibility index (Phi) is 6.55. The molecule has 0 heterocycles. The summed E-state index contributed by atoms with van der Waals surface area (Å²) in [7, 11) is 0. The highest BCUT2D eigenvalue weighted by Crippen LogP contribution is 2.54. The molecule has 228 valence electrons. The summed E-state index contributed by atoms with van der Waals surface area (Å²) in [6.45, 7) is 4.76. The number of fused-ring (bicyclic) bond motifs is 5. The third kappa shape index (κ3) is 4.47. The smallest absolute Gasteiger partial charge is 0.0546 e. The molecule has 0 N–H and O–H groups in total. The van der Waals surface area contributed by atoms with E-state index < -0.39 is 0 Å². The molecule has 0 aliphatic heterocycles. The molecule has 8 aromatic rings. The standard InChI is InChI=1S/C47H35N/c1-47(2)42-25-14-24-39(33-15-5-3-6-16-33)46(42)40-28-27-37(31-43(40)47)48(44-26-13-22-32-19-11-12-23-38(32)44)45-30-36-21-10-9-20-35(36)29-41(45)34-17-7-4-8-18-34/h3-31H,1-2H3. The Morgan fingerprint density at radius 2 is 1.00 bits per heavy atom. The summed E-state index contributed by atoms with van der Waals surface area (Å²) in [6, 6.07) is 64.4. The van der Waals surface area contributed by atoms with E-state index in [9.17, 15) is 0 Å². The normalized spacial score (nSPS) is 13.0. The zero-order valence-corrected chi connectivity index (χ0v) is 27.2. The number of hydrogen-bond acceptors (Lipinski definition) is 1. The minimum atomic E-state index is -0.165. The van der Waals surface area contributed by atoms with Crippen LogP contribution in [0.2, 0.25) is 0 Å². The second kappa shape index (κ2) is 11.1. The molecule has 1 aliphatic carbocycles. The summed E-state index contributed by atoms with van der Waals surface area (Å²) in [4.78, 5) is 2.49. The van der Waals surface area contributed by atoms with E-state index in [-0.39, 0.29) is 5.41 Å². The van der Waals surface area contributed by atoms with E-state index in [2.05, 4.69) is 195 Å². The van der Waals surface area contributed by atoms with Crippen LogP contribution >= 0.6 is 0 Å². The fraction of sp³-hybridized carbons (Fsp3) is 0.0638. The van der Waals surface area contributed by atoms with Gasteiger partial charge in [0.15, 0.2) is 0 Å². The summed E-state index contributed by atoms with van der Waals surface area (Å²) >= 11 is 0. The second-order valence-electron chi connectivity index (χ2n) is 13.4. The first-order valence-electron chi connectivity index (χ1n) is 16.8. The van der Waals surface area contributed by atoms with Crippen LogP contribution in [-0.2, 0) is 5.41 Å². The van der Waals surface area contributed by atoms with Crippen LogP contribution < -0.4 is 4.90 Å². The topological polar surface area (TPSA) is 3.24 Å². The molecule has 0 fully saturated rings.